The number of amides is 1. The van der Waals surface area contributed by atoms with Crippen LogP contribution in [0.25, 0.3) is 0 Å². The van der Waals surface area contributed by atoms with Gasteiger partial charge in [0.1, 0.15) is 6.21 Å². The number of nitrogens with two attached hydrogens (primary N) is 1. The number of benzene rings is 2. The first-order valence-corrected chi connectivity index (χ1v) is 12.7. The fourth-order valence-electron chi connectivity index (χ4n) is 4.99. The van der Waals surface area contributed by atoms with Crippen LogP contribution in [0.15, 0.2) is 53.7 Å². The highest BCUT2D eigenvalue weighted by Crippen LogP contribution is 2.46. The van der Waals surface area contributed by atoms with E-state index in [1.54, 1.807) is 12.1 Å². The van der Waals surface area contributed by atoms with Gasteiger partial charge in [-0.2, -0.15) is 0 Å². The van der Waals surface area contributed by atoms with Crippen LogP contribution in [0.1, 0.15) is 62.5 Å². The Labute approximate surface area is 216 Å². The molecule has 2 aromatic rings. The van der Waals surface area contributed by atoms with Gasteiger partial charge < -0.3 is 25.7 Å². The average Bonchev–Trinajstić information content (AvgIpc) is 2.82. The normalized spacial score (nSPS) is 17.3. The Bertz CT molecular complexity index is 1140. The number of rotatable bonds is 11. The lowest BCUT2D eigenvalue weighted by Gasteiger charge is -2.40. The minimum atomic E-state index is -0.669. The minimum absolute atomic E-state index is 0.197. The van der Waals surface area contributed by atoms with Crippen LogP contribution in [-0.4, -0.2) is 42.5 Å². The molecule has 4 N–H and O–H groups in total. The highest BCUT2D eigenvalue weighted by molar-refractivity contribution is 6.31. The van der Waals surface area contributed by atoms with Gasteiger partial charge in [0, 0.05) is 11.4 Å². The van der Waals surface area contributed by atoms with Crippen LogP contribution >= 0.6 is 0 Å². The number of esters is 2. The van der Waals surface area contributed by atoms with E-state index in [9.17, 15) is 14.4 Å². The van der Waals surface area contributed by atoms with Gasteiger partial charge in [-0.3, -0.25) is 14.4 Å². The number of nitrogens with zero attached hydrogens (tertiary/aromatic N) is 1. The van der Waals surface area contributed by atoms with E-state index in [1.165, 1.54) is 0 Å². The maximum absolute atomic E-state index is 13.0. The Kier molecular flexibility index (Phi) is 8.11. The summed E-state index contributed by atoms with van der Waals surface area (Å²) in [6, 6.07) is 14.5. The zero-order valence-electron chi connectivity index (χ0n) is 20.8. The number of unbranched alkanes of at least 4 members (excludes halogenated alkanes) is 1. The van der Waals surface area contributed by atoms with Gasteiger partial charge in [0.15, 0.2) is 0 Å². The molecule has 37 heavy (non-hydrogen) atoms. The number of hydrogen-bond donors (Lipinski definition) is 3. The first-order chi connectivity index (χ1) is 17.9. The van der Waals surface area contributed by atoms with Gasteiger partial charge in [0.2, 0.25) is 0 Å². The standard InChI is InChI=1S/C28H33N3O6/c29-22-9-5-20(6-10-22)27(13-3-14-27)25(33)36-17-1-2-18-37-26(34)28(15-4-16-28)21-7-11-23(12-8-21)31-24(32)19-30-35/h5-12,19,35H,1-4,13-18,29H2,(H,31,32)/b30-19+. The summed E-state index contributed by atoms with van der Waals surface area (Å²) >= 11 is 0. The highest BCUT2D eigenvalue weighted by Gasteiger charge is 2.48. The molecule has 0 unspecified atom stereocenters. The molecule has 1 amide bonds. The average molecular weight is 508 g/mol. The third-order valence-electron chi connectivity index (χ3n) is 7.54. The zero-order chi connectivity index (χ0) is 26.3. The summed E-state index contributed by atoms with van der Waals surface area (Å²) < 4.78 is 11.2. The predicted molar refractivity (Wildman–Crippen MR) is 138 cm³/mol. The van der Waals surface area contributed by atoms with Crippen LogP contribution in [0.3, 0.4) is 0 Å². The van der Waals surface area contributed by atoms with Crippen LogP contribution in [0, 0.1) is 0 Å². The maximum Gasteiger partial charge on any atom is 0.316 e. The van der Waals surface area contributed by atoms with Crippen molar-refractivity contribution in [3.8, 4) is 0 Å². The zero-order valence-corrected chi connectivity index (χ0v) is 20.8. The van der Waals surface area contributed by atoms with E-state index >= 15 is 0 Å². The lowest BCUT2D eigenvalue weighted by Crippen LogP contribution is -2.44. The van der Waals surface area contributed by atoms with Gasteiger partial charge in [-0.25, -0.2) is 0 Å². The molecule has 2 saturated carbocycles. The van der Waals surface area contributed by atoms with Gasteiger partial charge in [-0.1, -0.05) is 42.3 Å². The molecule has 0 spiro atoms. The number of carbonyl (C=O) groups is 3. The minimum Gasteiger partial charge on any atom is -0.465 e. The molecule has 2 aliphatic carbocycles. The SMILES string of the molecule is Nc1ccc(C2(C(=O)OCCCCOC(=O)C3(c4ccc(NC(=O)/C=N/O)cc4)CCC3)CCC2)cc1. The number of carbonyl (C=O) groups excluding carboxylic acids is 3. The number of nitrogens with one attached hydrogen (secondary N) is 1. The van der Waals surface area contributed by atoms with Crippen molar-refractivity contribution in [1.29, 1.82) is 0 Å². The second-order valence-electron chi connectivity index (χ2n) is 9.78. The lowest BCUT2D eigenvalue weighted by atomic mass is 9.64. The van der Waals surface area contributed by atoms with Crippen molar-refractivity contribution in [1.82, 2.24) is 0 Å². The van der Waals surface area contributed by atoms with Crippen LogP contribution < -0.4 is 11.1 Å². The summed E-state index contributed by atoms with van der Waals surface area (Å²) in [4.78, 5) is 37.3. The molecule has 2 fully saturated rings. The highest BCUT2D eigenvalue weighted by atomic mass is 16.5. The monoisotopic (exact) mass is 507 g/mol. The van der Waals surface area contributed by atoms with Crippen molar-refractivity contribution in [3.05, 3.63) is 59.7 Å². The molecule has 0 aliphatic heterocycles. The van der Waals surface area contributed by atoms with Gasteiger partial charge in [0.25, 0.3) is 5.91 Å². The lowest BCUT2D eigenvalue weighted by molar-refractivity contribution is -0.157. The summed E-state index contributed by atoms with van der Waals surface area (Å²) in [5.74, 6) is -0.999. The molecule has 4 rings (SSSR count). The fourth-order valence-corrected chi connectivity index (χ4v) is 4.99. The van der Waals surface area contributed by atoms with Crippen molar-refractivity contribution in [2.24, 2.45) is 5.16 Å². The molecule has 9 nitrogen and oxygen atoms in total. The number of hydrogen-bond acceptors (Lipinski definition) is 8. The summed E-state index contributed by atoms with van der Waals surface area (Å²) in [7, 11) is 0. The third-order valence-corrected chi connectivity index (χ3v) is 7.54. The van der Waals surface area contributed by atoms with Crippen LogP contribution in [-0.2, 0) is 34.7 Å². The molecule has 0 radical (unpaired) electrons. The van der Waals surface area contributed by atoms with Crippen LogP contribution in [0.4, 0.5) is 11.4 Å². The fraction of sp³-hybridized carbons (Fsp3) is 0.429. The molecular weight excluding hydrogens is 474 g/mol. The predicted octanol–water partition coefficient (Wildman–Crippen LogP) is 4.08. The maximum atomic E-state index is 13.0. The molecule has 0 heterocycles. The molecule has 2 aromatic carbocycles. The van der Waals surface area contributed by atoms with Gasteiger partial charge >= 0.3 is 11.9 Å². The van der Waals surface area contributed by atoms with E-state index in [0.29, 0.717) is 37.1 Å². The summed E-state index contributed by atoms with van der Waals surface area (Å²) in [5, 5.41) is 13.7. The summed E-state index contributed by atoms with van der Waals surface area (Å²) in [6.45, 7) is 0.544. The van der Waals surface area contributed by atoms with E-state index < -0.39 is 16.7 Å². The largest absolute Gasteiger partial charge is 0.465 e. The molecule has 0 aromatic heterocycles. The van der Waals surface area contributed by atoms with Gasteiger partial charge in [-0.15, -0.1) is 0 Å². The number of oxime groups is 1. The Morgan fingerprint density at radius 1 is 0.838 bits per heavy atom. The van der Waals surface area contributed by atoms with E-state index in [-0.39, 0.29) is 25.2 Å². The van der Waals surface area contributed by atoms with Crippen molar-refractivity contribution in [3.63, 3.8) is 0 Å². The quantitative estimate of drug-likeness (QED) is 0.104. The van der Waals surface area contributed by atoms with Gasteiger partial charge in [0.05, 0.1) is 24.0 Å². The third kappa shape index (κ3) is 5.60. The van der Waals surface area contributed by atoms with E-state index in [0.717, 1.165) is 43.0 Å². The molecule has 0 atom stereocenters. The number of anilines is 2. The Hall–Kier alpha value is -3.88. The Morgan fingerprint density at radius 3 is 1.70 bits per heavy atom. The molecule has 2 aliphatic rings. The van der Waals surface area contributed by atoms with Crippen LogP contribution in [0.5, 0.6) is 0 Å². The summed E-state index contributed by atoms with van der Waals surface area (Å²) in [6.07, 6.45) is 6.87. The molecule has 9 heteroatoms. The summed E-state index contributed by atoms with van der Waals surface area (Å²) in [5.41, 5.74) is 7.54. The second kappa shape index (κ2) is 11.5. The molecule has 0 saturated heterocycles. The van der Waals surface area contributed by atoms with Crippen molar-refractivity contribution in [2.75, 3.05) is 24.3 Å². The van der Waals surface area contributed by atoms with Crippen molar-refractivity contribution in [2.45, 2.75) is 62.2 Å². The van der Waals surface area contributed by atoms with E-state index in [4.69, 9.17) is 20.4 Å². The van der Waals surface area contributed by atoms with E-state index in [1.807, 2.05) is 36.4 Å². The molecule has 0 bridgehead atoms. The Morgan fingerprint density at radius 2 is 1.30 bits per heavy atom. The van der Waals surface area contributed by atoms with Gasteiger partial charge in [-0.05, 0) is 73.9 Å². The number of nitrogen functional groups attached to an aromatic ring is 1. The van der Waals surface area contributed by atoms with Crippen molar-refractivity contribution < 1.29 is 29.1 Å². The van der Waals surface area contributed by atoms with Crippen LogP contribution in [0.2, 0.25) is 0 Å². The van der Waals surface area contributed by atoms with E-state index in [2.05, 4.69) is 10.5 Å². The number of ether oxygens (including phenoxy) is 2. The second-order valence-corrected chi connectivity index (χ2v) is 9.78. The first kappa shape index (κ1) is 26.2. The Balaban J connectivity index is 1.21. The smallest absolute Gasteiger partial charge is 0.316 e. The molecular formula is C28H33N3O6. The van der Waals surface area contributed by atoms with Crippen molar-refractivity contribution >= 4 is 35.4 Å². The first-order valence-electron chi connectivity index (χ1n) is 12.7. The topological polar surface area (TPSA) is 140 Å². The molecule has 196 valence electrons.